The number of nitrogens with zero attached hydrogens (tertiary/aromatic N) is 1. The second kappa shape index (κ2) is 9.13. The number of ether oxygens (including phenoxy) is 1. The van der Waals surface area contributed by atoms with E-state index in [0.29, 0.717) is 4.88 Å². The molecule has 2 rings (SSSR count). The van der Waals surface area contributed by atoms with Crippen molar-refractivity contribution in [2.24, 2.45) is 5.92 Å². The summed E-state index contributed by atoms with van der Waals surface area (Å²) in [6.45, 7) is 3.93. The third-order valence-electron chi connectivity index (χ3n) is 4.85. The first-order valence-electron chi connectivity index (χ1n) is 8.87. The number of carbonyl (C=O) groups is 3. The maximum Gasteiger partial charge on any atom is 0.306 e. The number of ketones is 1. The van der Waals surface area contributed by atoms with Crippen molar-refractivity contribution in [2.45, 2.75) is 58.4 Å². The molecule has 0 aromatic carbocycles. The zero-order chi connectivity index (χ0) is 18.4. The van der Waals surface area contributed by atoms with Crippen LogP contribution >= 0.6 is 11.3 Å². The van der Waals surface area contributed by atoms with Gasteiger partial charge in [-0.25, -0.2) is 0 Å². The van der Waals surface area contributed by atoms with Crippen LogP contribution in [0.15, 0.2) is 12.1 Å². The van der Waals surface area contributed by atoms with Gasteiger partial charge < -0.3 is 9.64 Å². The molecule has 0 atom stereocenters. The average Bonchev–Trinajstić information content (AvgIpc) is 3.04. The van der Waals surface area contributed by atoms with E-state index >= 15 is 0 Å². The second-order valence-electron chi connectivity index (χ2n) is 6.91. The molecule has 1 amide bonds. The molecule has 0 unspecified atom stereocenters. The molecule has 0 saturated heterocycles. The van der Waals surface area contributed by atoms with Crippen molar-refractivity contribution in [3.63, 3.8) is 0 Å². The van der Waals surface area contributed by atoms with Gasteiger partial charge in [-0.1, -0.05) is 6.92 Å². The van der Waals surface area contributed by atoms with Crippen molar-refractivity contribution >= 4 is 29.0 Å². The fourth-order valence-corrected chi connectivity index (χ4v) is 3.91. The predicted molar refractivity (Wildman–Crippen MR) is 97.8 cm³/mol. The normalized spacial score (nSPS) is 20.1. The first-order chi connectivity index (χ1) is 11.9. The van der Waals surface area contributed by atoms with Gasteiger partial charge in [0.1, 0.15) is 0 Å². The Morgan fingerprint density at radius 3 is 2.44 bits per heavy atom. The van der Waals surface area contributed by atoms with E-state index in [1.165, 1.54) is 11.3 Å². The largest absolute Gasteiger partial charge is 0.456 e. The second-order valence-corrected chi connectivity index (χ2v) is 8.20. The molecule has 1 aromatic heterocycles. The maximum absolute atomic E-state index is 12.2. The number of hydrogen-bond acceptors (Lipinski definition) is 5. The number of amides is 1. The number of Topliss-reactive ketones (excluding diaryl/α,β-unsaturated/α-hetero) is 1. The van der Waals surface area contributed by atoms with Gasteiger partial charge in [-0.3, -0.25) is 14.4 Å². The lowest BCUT2D eigenvalue weighted by atomic mass is 9.87. The summed E-state index contributed by atoms with van der Waals surface area (Å²) in [4.78, 5) is 39.4. The minimum absolute atomic E-state index is 0.00766. The van der Waals surface area contributed by atoms with Crippen LogP contribution in [0.1, 0.15) is 60.0 Å². The van der Waals surface area contributed by atoms with Crippen molar-refractivity contribution in [1.82, 2.24) is 4.90 Å². The van der Waals surface area contributed by atoms with Crippen molar-refractivity contribution in [2.75, 3.05) is 13.7 Å². The lowest BCUT2D eigenvalue weighted by Crippen LogP contribution is -2.41. The molecule has 0 bridgehead atoms. The first-order valence-corrected chi connectivity index (χ1v) is 9.69. The average molecular weight is 365 g/mol. The van der Waals surface area contributed by atoms with E-state index in [9.17, 15) is 14.4 Å². The molecule has 1 aliphatic carbocycles. The zero-order valence-corrected chi connectivity index (χ0v) is 16.1. The van der Waals surface area contributed by atoms with Crippen molar-refractivity contribution in [1.29, 1.82) is 0 Å². The van der Waals surface area contributed by atoms with E-state index in [0.717, 1.165) is 36.5 Å². The Labute approximate surface area is 153 Å². The van der Waals surface area contributed by atoms with Crippen LogP contribution in [-0.4, -0.2) is 42.3 Å². The topological polar surface area (TPSA) is 63.7 Å². The summed E-state index contributed by atoms with van der Waals surface area (Å²) in [6, 6.07) is 3.90. The van der Waals surface area contributed by atoms with Gasteiger partial charge in [0, 0.05) is 24.4 Å². The van der Waals surface area contributed by atoms with Crippen molar-refractivity contribution < 1.29 is 19.1 Å². The molecule has 0 radical (unpaired) electrons. The fourth-order valence-electron chi connectivity index (χ4n) is 3.07. The molecule has 138 valence electrons. The van der Waals surface area contributed by atoms with Crippen LogP contribution in [0.4, 0.5) is 0 Å². The van der Waals surface area contributed by atoms with E-state index in [4.69, 9.17) is 4.74 Å². The first kappa shape index (κ1) is 19.6. The van der Waals surface area contributed by atoms with E-state index in [1.807, 2.05) is 13.0 Å². The van der Waals surface area contributed by atoms with Crippen LogP contribution in [0.3, 0.4) is 0 Å². The molecular weight excluding hydrogens is 338 g/mol. The summed E-state index contributed by atoms with van der Waals surface area (Å²) in [5.74, 6) is -0.00849. The lowest BCUT2D eigenvalue weighted by Gasteiger charge is -2.33. The van der Waals surface area contributed by atoms with E-state index < -0.39 is 5.97 Å². The summed E-state index contributed by atoms with van der Waals surface area (Å²) in [5.41, 5.74) is 0. The smallest absolute Gasteiger partial charge is 0.306 e. The standard InChI is InChI=1S/C19H27NO4S/c1-13-4-7-15(8-5-13)20(3)18(22)12-24-19(23)11-9-16(21)17-10-6-14(2)25-17/h6,10,13,15H,4-5,7-9,11-12H2,1-3H3. The van der Waals surface area contributed by atoms with E-state index in [1.54, 1.807) is 18.0 Å². The number of likely N-dealkylation sites (N-methyl/N-ethyl adjacent to an activating group) is 1. The van der Waals surface area contributed by atoms with Gasteiger partial charge in [0.05, 0.1) is 11.3 Å². The van der Waals surface area contributed by atoms with Crippen LogP contribution in [0.5, 0.6) is 0 Å². The summed E-state index contributed by atoms with van der Waals surface area (Å²) in [5, 5.41) is 0. The Bertz CT molecular complexity index is 617. The molecule has 0 N–H and O–H groups in total. The molecule has 1 aliphatic rings. The Balaban J connectivity index is 1.68. The molecule has 0 spiro atoms. The fraction of sp³-hybridized carbons (Fsp3) is 0.632. The summed E-state index contributed by atoms with van der Waals surface area (Å²) >= 11 is 1.42. The SMILES string of the molecule is Cc1ccc(C(=O)CCC(=O)OCC(=O)N(C)C2CCC(C)CC2)s1. The third kappa shape index (κ3) is 5.96. The van der Waals surface area contributed by atoms with Crippen LogP contribution in [0.2, 0.25) is 0 Å². The molecule has 1 saturated carbocycles. The van der Waals surface area contributed by atoms with Gasteiger partial charge in [0.2, 0.25) is 0 Å². The Kier molecular flexibility index (Phi) is 7.17. The van der Waals surface area contributed by atoms with Crippen molar-refractivity contribution in [3.05, 3.63) is 21.9 Å². The molecule has 1 fully saturated rings. The molecule has 1 heterocycles. The van der Waals surface area contributed by atoms with Crippen LogP contribution in [0, 0.1) is 12.8 Å². The number of carbonyl (C=O) groups excluding carboxylic acids is 3. The van der Waals surface area contributed by atoms with Gasteiger partial charge in [0.15, 0.2) is 12.4 Å². The highest BCUT2D eigenvalue weighted by Crippen LogP contribution is 2.26. The minimum Gasteiger partial charge on any atom is -0.456 e. The van der Waals surface area contributed by atoms with Gasteiger partial charge >= 0.3 is 5.97 Å². The highest BCUT2D eigenvalue weighted by Gasteiger charge is 2.25. The van der Waals surface area contributed by atoms with E-state index in [-0.39, 0.29) is 37.2 Å². The van der Waals surface area contributed by atoms with Crippen LogP contribution in [-0.2, 0) is 14.3 Å². The number of thiophene rings is 1. The third-order valence-corrected chi connectivity index (χ3v) is 5.90. The lowest BCUT2D eigenvalue weighted by molar-refractivity contribution is -0.152. The van der Waals surface area contributed by atoms with Crippen LogP contribution in [0.25, 0.3) is 0 Å². The van der Waals surface area contributed by atoms with Gasteiger partial charge in [-0.2, -0.15) is 0 Å². The Morgan fingerprint density at radius 1 is 1.16 bits per heavy atom. The number of rotatable bonds is 7. The highest BCUT2D eigenvalue weighted by atomic mass is 32.1. The van der Waals surface area contributed by atoms with Crippen molar-refractivity contribution in [3.8, 4) is 0 Å². The quantitative estimate of drug-likeness (QED) is 0.547. The summed E-state index contributed by atoms with van der Waals surface area (Å²) < 4.78 is 5.05. The van der Waals surface area contributed by atoms with E-state index in [2.05, 4.69) is 6.92 Å². The molecular formula is C19H27NO4S. The van der Waals surface area contributed by atoms with Gasteiger partial charge in [0.25, 0.3) is 5.91 Å². The predicted octanol–water partition coefficient (Wildman–Crippen LogP) is 3.60. The Hall–Kier alpha value is -1.69. The Morgan fingerprint density at radius 2 is 1.84 bits per heavy atom. The molecule has 1 aromatic rings. The monoisotopic (exact) mass is 365 g/mol. The van der Waals surface area contributed by atoms with Gasteiger partial charge in [-0.15, -0.1) is 11.3 Å². The van der Waals surface area contributed by atoms with Gasteiger partial charge in [-0.05, 0) is 50.7 Å². The van der Waals surface area contributed by atoms with Crippen LogP contribution < -0.4 is 0 Å². The maximum atomic E-state index is 12.2. The number of aryl methyl sites for hydroxylation is 1. The highest BCUT2D eigenvalue weighted by molar-refractivity contribution is 7.14. The number of hydrogen-bond donors (Lipinski definition) is 0. The molecule has 5 nitrogen and oxygen atoms in total. The minimum atomic E-state index is -0.499. The summed E-state index contributed by atoms with van der Waals surface area (Å²) in [7, 11) is 1.78. The number of esters is 1. The molecule has 0 aliphatic heterocycles. The molecule has 6 heteroatoms. The summed E-state index contributed by atoms with van der Waals surface area (Å²) in [6.07, 6.45) is 4.40. The molecule has 25 heavy (non-hydrogen) atoms. The zero-order valence-electron chi connectivity index (χ0n) is 15.2.